The number of amides is 1. The minimum atomic E-state index is -0.116. The van der Waals surface area contributed by atoms with E-state index in [2.05, 4.69) is 10.2 Å². The van der Waals surface area contributed by atoms with Gasteiger partial charge in [0.25, 0.3) is 5.91 Å². The number of thiocarbonyl (C=S) groups is 1. The zero-order chi connectivity index (χ0) is 15.2. The molecule has 0 atom stereocenters. The summed E-state index contributed by atoms with van der Waals surface area (Å²) in [5.41, 5.74) is 7.21. The third-order valence-corrected chi connectivity index (χ3v) is 3.14. The minimum Gasteiger partial charge on any atom is -0.484 e. The van der Waals surface area contributed by atoms with Crippen LogP contribution in [0, 0.1) is 0 Å². The maximum atomic E-state index is 11.9. The summed E-state index contributed by atoms with van der Waals surface area (Å²) >= 11 is 4.87. The lowest BCUT2D eigenvalue weighted by Crippen LogP contribution is -2.30. The number of rotatable bonds is 6. The largest absolute Gasteiger partial charge is 0.484 e. The summed E-state index contributed by atoms with van der Waals surface area (Å²) in [4.78, 5) is 13.9. The molecule has 0 bridgehead atoms. The third-order valence-electron chi connectivity index (χ3n) is 2.90. The number of carbonyl (C=O) groups excluding carboxylic acids is 1. The average molecular weight is 304 g/mol. The first-order valence-corrected chi connectivity index (χ1v) is 6.71. The molecule has 0 saturated heterocycles. The van der Waals surface area contributed by atoms with Gasteiger partial charge in [-0.1, -0.05) is 12.2 Å². The molecule has 0 spiro atoms. The van der Waals surface area contributed by atoms with E-state index in [0.717, 1.165) is 11.1 Å². The van der Waals surface area contributed by atoms with Crippen LogP contribution in [0.15, 0.2) is 36.7 Å². The zero-order valence-corrected chi connectivity index (χ0v) is 12.4. The van der Waals surface area contributed by atoms with Crippen molar-refractivity contribution in [2.75, 3.05) is 13.7 Å². The van der Waals surface area contributed by atoms with Crippen LogP contribution < -0.4 is 10.5 Å². The summed E-state index contributed by atoms with van der Waals surface area (Å²) in [5, 5.41) is 6.54. The molecule has 0 saturated carbocycles. The van der Waals surface area contributed by atoms with Crippen LogP contribution in [0.4, 0.5) is 0 Å². The predicted molar refractivity (Wildman–Crippen MR) is 82.9 cm³/mol. The Kier molecular flexibility index (Phi) is 4.89. The van der Waals surface area contributed by atoms with Gasteiger partial charge in [0, 0.05) is 30.9 Å². The van der Waals surface area contributed by atoms with Gasteiger partial charge in [0.1, 0.15) is 10.7 Å². The minimum absolute atomic E-state index is 0.0270. The van der Waals surface area contributed by atoms with Crippen molar-refractivity contribution in [1.29, 1.82) is 0 Å². The van der Waals surface area contributed by atoms with Crippen molar-refractivity contribution < 1.29 is 9.53 Å². The van der Waals surface area contributed by atoms with Crippen LogP contribution in [-0.2, 0) is 11.3 Å². The van der Waals surface area contributed by atoms with Crippen LogP contribution in [0.1, 0.15) is 11.1 Å². The molecule has 0 radical (unpaired) electrons. The number of H-pyrrole nitrogens is 1. The summed E-state index contributed by atoms with van der Waals surface area (Å²) in [5.74, 6) is 0.481. The monoisotopic (exact) mass is 304 g/mol. The smallest absolute Gasteiger partial charge is 0.260 e. The fourth-order valence-corrected chi connectivity index (χ4v) is 1.83. The van der Waals surface area contributed by atoms with Gasteiger partial charge in [0.05, 0.1) is 6.20 Å². The molecule has 0 aliphatic carbocycles. The molecule has 1 aromatic carbocycles. The Hall–Kier alpha value is -2.41. The van der Waals surface area contributed by atoms with Crippen LogP contribution in [0.3, 0.4) is 0 Å². The first kappa shape index (κ1) is 15.0. The van der Waals surface area contributed by atoms with Gasteiger partial charge in [-0.05, 0) is 24.3 Å². The van der Waals surface area contributed by atoms with Gasteiger partial charge in [-0.25, -0.2) is 0 Å². The van der Waals surface area contributed by atoms with E-state index in [-0.39, 0.29) is 12.5 Å². The second-order valence-corrected chi connectivity index (χ2v) is 4.97. The van der Waals surface area contributed by atoms with Gasteiger partial charge in [-0.2, -0.15) is 5.10 Å². The number of carbonyl (C=O) groups is 1. The van der Waals surface area contributed by atoms with E-state index in [0.29, 0.717) is 17.3 Å². The van der Waals surface area contributed by atoms with E-state index in [4.69, 9.17) is 22.7 Å². The summed E-state index contributed by atoms with van der Waals surface area (Å²) in [6.45, 7) is 0.458. The highest BCUT2D eigenvalue weighted by molar-refractivity contribution is 7.80. The normalized spacial score (nSPS) is 10.1. The van der Waals surface area contributed by atoms with E-state index in [1.54, 1.807) is 48.6 Å². The SMILES string of the molecule is CN(Cc1cn[nH]c1)C(=O)COc1ccc(C(N)=S)cc1. The van der Waals surface area contributed by atoms with Crippen molar-refractivity contribution in [3.05, 3.63) is 47.8 Å². The molecule has 6 nitrogen and oxygen atoms in total. The van der Waals surface area contributed by atoms with E-state index >= 15 is 0 Å². The van der Waals surface area contributed by atoms with Gasteiger partial charge < -0.3 is 15.4 Å². The number of likely N-dealkylation sites (N-methyl/N-ethyl adjacent to an activating group) is 1. The van der Waals surface area contributed by atoms with Crippen molar-refractivity contribution in [2.45, 2.75) is 6.54 Å². The van der Waals surface area contributed by atoms with Crippen molar-refractivity contribution >= 4 is 23.1 Å². The fourth-order valence-electron chi connectivity index (χ4n) is 1.70. The number of aromatic nitrogens is 2. The van der Waals surface area contributed by atoms with Gasteiger partial charge in [0.2, 0.25) is 0 Å². The van der Waals surface area contributed by atoms with Crippen molar-refractivity contribution in [3.63, 3.8) is 0 Å². The Labute approximate surface area is 127 Å². The van der Waals surface area contributed by atoms with E-state index in [9.17, 15) is 4.79 Å². The number of nitrogens with zero attached hydrogens (tertiary/aromatic N) is 2. The number of ether oxygens (including phenoxy) is 1. The Bertz CT molecular complexity index is 610. The number of nitrogens with two attached hydrogens (primary N) is 1. The lowest BCUT2D eigenvalue weighted by Gasteiger charge is -2.16. The summed E-state index contributed by atoms with van der Waals surface area (Å²) in [7, 11) is 1.72. The van der Waals surface area contributed by atoms with E-state index in [1.165, 1.54) is 0 Å². The molecule has 2 rings (SSSR count). The highest BCUT2D eigenvalue weighted by Gasteiger charge is 2.10. The molecule has 1 heterocycles. The Morgan fingerprint density at radius 2 is 2.14 bits per heavy atom. The maximum absolute atomic E-state index is 11.9. The molecule has 0 unspecified atom stereocenters. The van der Waals surface area contributed by atoms with Gasteiger partial charge in [-0.15, -0.1) is 0 Å². The van der Waals surface area contributed by atoms with E-state index < -0.39 is 0 Å². The Morgan fingerprint density at radius 3 is 2.71 bits per heavy atom. The standard InChI is InChI=1S/C14H16N4O2S/c1-18(8-10-6-16-17-7-10)13(19)9-20-12-4-2-11(3-5-12)14(15)21/h2-7H,8-9H2,1H3,(H2,15,21)(H,16,17). The highest BCUT2D eigenvalue weighted by Crippen LogP contribution is 2.12. The molecule has 2 aromatic rings. The quantitative estimate of drug-likeness (QED) is 0.780. The maximum Gasteiger partial charge on any atom is 0.260 e. The lowest BCUT2D eigenvalue weighted by molar-refractivity contribution is -0.132. The van der Waals surface area contributed by atoms with Crippen molar-refractivity contribution in [1.82, 2.24) is 15.1 Å². The number of aromatic amines is 1. The molecule has 1 amide bonds. The Morgan fingerprint density at radius 1 is 1.43 bits per heavy atom. The predicted octanol–water partition coefficient (Wildman–Crippen LogP) is 1.08. The van der Waals surface area contributed by atoms with Crippen molar-refractivity contribution in [3.8, 4) is 5.75 Å². The average Bonchev–Trinajstić information content (AvgIpc) is 2.98. The van der Waals surface area contributed by atoms with Gasteiger partial charge in [-0.3, -0.25) is 9.89 Å². The Balaban J connectivity index is 1.84. The fraction of sp³-hybridized carbons (Fsp3) is 0.214. The van der Waals surface area contributed by atoms with Crippen LogP contribution in [0.5, 0.6) is 5.75 Å². The summed E-state index contributed by atoms with van der Waals surface area (Å²) < 4.78 is 5.44. The summed E-state index contributed by atoms with van der Waals surface area (Å²) in [6, 6.07) is 6.99. The first-order chi connectivity index (χ1) is 10.1. The molecule has 0 fully saturated rings. The van der Waals surface area contributed by atoms with Crippen LogP contribution in [0.2, 0.25) is 0 Å². The van der Waals surface area contributed by atoms with E-state index in [1.807, 2.05) is 0 Å². The van der Waals surface area contributed by atoms with Gasteiger partial charge >= 0.3 is 0 Å². The number of benzene rings is 1. The zero-order valence-electron chi connectivity index (χ0n) is 11.6. The van der Waals surface area contributed by atoms with Gasteiger partial charge in [0.15, 0.2) is 6.61 Å². The number of hydrogen-bond donors (Lipinski definition) is 2. The highest BCUT2D eigenvalue weighted by atomic mass is 32.1. The number of hydrogen-bond acceptors (Lipinski definition) is 4. The van der Waals surface area contributed by atoms with Crippen LogP contribution in [0.25, 0.3) is 0 Å². The molecule has 21 heavy (non-hydrogen) atoms. The lowest BCUT2D eigenvalue weighted by atomic mass is 10.2. The van der Waals surface area contributed by atoms with Crippen LogP contribution in [-0.4, -0.2) is 39.6 Å². The third kappa shape index (κ3) is 4.28. The first-order valence-electron chi connectivity index (χ1n) is 6.30. The molecular weight excluding hydrogens is 288 g/mol. The number of nitrogens with one attached hydrogen (secondary N) is 1. The molecular formula is C14H16N4O2S. The van der Waals surface area contributed by atoms with Crippen molar-refractivity contribution in [2.24, 2.45) is 5.73 Å². The molecule has 0 aliphatic rings. The van der Waals surface area contributed by atoms with Crippen LogP contribution >= 0.6 is 12.2 Å². The summed E-state index contributed by atoms with van der Waals surface area (Å²) in [6.07, 6.45) is 3.43. The molecule has 3 N–H and O–H groups in total. The molecule has 0 aliphatic heterocycles. The molecule has 1 aromatic heterocycles. The molecule has 7 heteroatoms. The second kappa shape index (κ2) is 6.85. The topological polar surface area (TPSA) is 84.2 Å². The second-order valence-electron chi connectivity index (χ2n) is 4.53. The molecule has 110 valence electrons.